The fraction of sp³-hybridized carbons (Fsp3) is 0.310. The summed E-state index contributed by atoms with van der Waals surface area (Å²) in [7, 11) is 1.37. The maximum atomic E-state index is 12.4. The standard InChI is InChI=1S/C29H32O6/c1-34-28(32)25-12-6-11-23(18-25)14-13-21-9-5-10-22(17-21)15-16-27(31)26(19-30)29(33)35-20-24-7-3-2-4-8-24/h2-12,17-18,26-27,30-31H,13-16,19-20H2,1H3. The molecule has 6 nitrogen and oxygen atoms in total. The van der Waals surface area contributed by atoms with Gasteiger partial charge in [0, 0.05) is 0 Å². The van der Waals surface area contributed by atoms with Crippen LogP contribution in [0.5, 0.6) is 0 Å². The molecule has 2 N–H and O–H groups in total. The molecular formula is C29H32O6. The van der Waals surface area contributed by atoms with E-state index in [4.69, 9.17) is 9.47 Å². The predicted octanol–water partition coefficient (Wildman–Crippen LogP) is 3.90. The molecule has 0 saturated heterocycles. The van der Waals surface area contributed by atoms with Crippen molar-refractivity contribution in [2.45, 2.75) is 38.4 Å². The number of ether oxygens (including phenoxy) is 2. The Labute approximate surface area is 206 Å². The smallest absolute Gasteiger partial charge is 0.337 e. The van der Waals surface area contributed by atoms with E-state index in [9.17, 15) is 19.8 Å². The Morgan fingerprint density at radius 2 is 1.40 bits per heavy atom. The summed E-state index contributed by atoms with van der Waals surface area (Å²) in [4.78, 5) is 24.1. The summed E-state index contributed by atoms with van der Waals surface area (Å²) in [5, 5.41) is 20.2. The number of aliphatic hydroxyl groups is 2. The van der Waals surface area contributed by atoms with Crippen LogP contribution in [0.3, 0.4) is 0 Å². The van der Waals surface area contributed by atoms with Gasteiger partial charge in [-0.05, 0) is 60.1 Å². The normalized spacial score (nSPS) is 12.5. The molecule has 6 heteroatoms. The van der Waals surface area contributed by atoms with Gasteiger partial charge in [-0.15, -0.1) is 0 Å². The van der Waals surface area contributed by atoms with Crippen LogP contribution in [-0.4, -0.2) is 42.0 Å². The van der Waals surface area contributed by atoms with E-state index in [0.717, 1.165) is 35.1 Å². The molecule has 2 unspecified atom stereocenters. The number of carbonyl (C=O) groups excluding carboxylic acids is 2. The molecule has 184 valence electrons. The predicted molar refractivity (Wildman–Crippen MR) is 133 cm³/mol. The van der Waals surface area contributed by atoms with Gasteiger partial charge in [0.05, 0.1) is 25.4 Å². The van der Waals surface area contributed by atoms with E-state index < -0.39 is 24.6 Å². The molecule has 0 radical (unpaired) electrons. The first-order valence-electron chi connectivity index (χ1n) is 11.7. The van der Waals surface area contributed by atoms with Crippen molar-refractivity contribution in [1.29, 1.82) is 0 Å². The third-order valence-electron chi connectivity index (χ3n) is 5.96. The van der Waals surface area contributed by atoms with Crippen LogP contribution in [0.1, 0.15) is 39.0 Å². The highest BCUT2D eigenvalue weighted by atomic mass is 16.5. The third-order valence-corrected chi connectivity index (χ3v) is 5.96. The van der Waals surface area contributed by atoms with Gasteiger partial charge in [-0.2, -0.15) is 0 Å². The lowest BCUT2D eigenvalue weighted by molar-refractivity contribution is -0.156. The second-order valence-corrected chi connectivity index (χ2v) is 8.50. The van der Waals surface area contributed by atoms with Gasteiger partial charge >= 0.3 is 11.9 Å². The number of aliphatic hydroxyl groups excluding tert-OH is 2. The minimum atomic E-state index is -1.01. The Morgan fingerprint density at radius 3 is 2.06 bits per heavy atom. The lowest BCUT2D eigenvalue weighted by Crippen LogP contribution is -2.33. The molecule has 0 aliphatic carbocycles. The first-order chi connectivity index (χ1) is 17.0. The molecule has 0 saturated carbocycles. The number of hydrogen-bond acceptors (Lipinski definition) is 6. The Hall–Kier alpha value is -3.48. The molecule has 3 aromatic carbocycles. The highest BCUT2D eigenvalue weighted by Gasteiger charge is 2.27. The van der Waals surface area contributed by atoms with E-state index in [0.29, 0.717) is 18.4 Å². The minimum Gasteiger partial charge on any atom is -0.465 e. The van der Waals surface area contributed by atoms with E-state index >= 15 is 0 Å². The summed E-state index contributed by atoms with van der Waals surface area (Å²) in [6.07, 6.45) is 1.46. The molecule has 0 spiro atoms. The number of hydrogen-bond donors (Lipinski definition) is 2. The van der Waals surface area contributed by atoms with E-state index in [1.807, 2.05) is 66.7 Å². The molecule has 3 rings (SSSR count). The van der Waals surface area contributed by atoms with Gasteiger partial charge in [-0.1, -0.05) is 66.7 Å². The van der Waals surface area contributed by atoms with Crippen LogP contribution in [-0.2, 0) is 40.1 Å². The van der Waals surface area contributed by atoms with Gasteiger partial charge in [-0.3, -0.25) is 4.79 Å². The Balaban J connectivity index is 1.51. The average Bonchev–Trinajstić information content (AvgIpc) is 2.90. The monoisotopic (exact) mass is 476 g/mol. The van der Waals surface area contributed by atoms with Crippen molar-refractivity contribution in [3.63, 3.8) is 0 Å². The van der Waals surface area contributed by atoms with Gasteiger partial charge in [0.15, 0.2) is 0 Å². The van der Waals surface area contributed by atoms with Crippen LogP contribution in [0, 0.1) is 5.92 Å². The quantitative estimate of drug-likeness (QED) is 0.385. The SMILES string of the molecule is COC(=O)c1cccc(CCc2cccc(CCC(O)C(CO)C(=O)OCc3ccccc3)c2)c1. The molecule has 0 aliphatic rings. The first kappa shape index (κ1) is 26.1. The Kier molecular flexibility index (Phi) is 10.0. The summed E-state index contributed by atoms with van der Waals surface area (Å²) in [5.74, 6) is -1.94. The number of carbonyl (C=O) groups is 2. The fourth-order valence-corrected chi connectivity index (χ4v) is 3.91. The maximum Gasteiger partial charge on any atom is 0.337 e. The van der Waals surface area contributed by atoms with Gasteiger partial charge in [-0.25, -0.2) is 4.79 Å². The molecule has 0 fully saturated rings. The van der Waals surface area contributed by atoms with E-state index in [1.54, 1.807) is 6.07 Å². The van der Waals surface area contributed by atoms with Gasteiger partial charge in [0.2, 0.25) is 0 Å². The van der Waals surface area contributed by atoms with Gasteiger partial charge < -0.3 is 19.7 Å². The van der Waals surface area contributed by atoms with Crippen molar-refractivity contribution >= 4 is 11.9 Å². The zero-order valence-electron chi connectivity index (χ0n) is 19.9. The lowest BCUT2D eigenvalue weighted by atomic mass is 9.95. The zero-order chi connectivity index (χ0) is 25.0. The molecule has 2 atom stereocenters. The van der Waals surface area contributed by atoms with Crippen molar-refractivity contribution in [2.24, 2.45) is 5.92 Å². The number of esters is 2. The molecule has 0 aromatic heterocycles. The molecule has 3 aromatic rings. The Morgan fingerprint density at radius 1 is 0.800 bits per heavy atom. The van der Waals surface area contributed by atoms with E-state index in [1.165, 1.54) is 7.11 Å². The van der Waals surface area contributed by atoms with Crippen LogP contribution in [0.4, 0.5) is 0 Å². The minimum absolute atomic E-state index is 0.105. The van der Waals surface area contributed by atoms with Crippen LogP contribution in [0.2, 0.25) is 0 Å². The van der Waals surface area contributed by atoms with Crippen molar-refractivity contribution in [1.82, 2.24) is 0 Å². The van der Waals surface area contributed by atoms with Crippen LogP contribution in [0.25, 0.3) is 0 Å². The van der Waals surface area contributed by atoms with E-state index in [2.05, 4.69) is 6.07 Å². The topological polar surface area (TPSA) is 93.1 Å². The third kappa shape index (κ3) is 8.05. The summed E-state index contributed by atoms with van der Waals surface area (Å²) in [6.45, 7) is -0.368. The fourth-order valence-electron chi connectivity index (χ4n) is 3.91. The number of benzene rings is 3. The summed E-state index contributed by atoms with van der Waals surface area (Å²) < 4.78 is 10.1. The highest BCUT2D eigenvalue weighted by molar-refractivity contribution is 5.89. The van der Waals surface area contributed by atoms with Crippen molar-refractivity contribution < 1.29 is 29.3 Å². The van der Waals surface area contributed by atoms with Gasteiger partial charge in [0.1, 0.15) is 12.5 Å². The second-order valence-electron chi connectivity index (χ2n) is 8.50. The number of rotatable bonds is 12. The highest BCUT2D eigenvalue weighted by Crippen LogP contribution is 2.17. The van der Waals surface area contributed by atoms with Crippen LogP contribution in [0.15, 0.2) is 78.9 Å². The summed E-state index contributed by atoms with van der Waals surface area (Å²) >= 11 is 0. The van der Waals surface area contributed by atoms with E-state index in [-0.39, 0.29) is 12.6 Å². The van der Waals surface area contributed by atoms with Crippen LogP contribution < -0.4 is 0 Å². The van der Waals surface area contributed by atoms with Crippen molar-refractivity contribution in [2.75, 3.05) is 13.7 Å². The first-order valence-corrected chi connectivity index (χ1v) is 11.7. The largest absolute Gasteiger partial charge is 0.465 e. The number of aryl methyl sites for hydroxylation is 3. The molecule has 0 aliphatic heterocycles. The molecule has 0 heterocycles. The summed E-state index contributed by atoms with van der Waals surface area (Å²) in [6, 6.07) is 24.8. The summed E-state index contributed by atoms with van der Waals surface area (Å²) in [5.41, 5.74) is 4.61. The van der Waals surface area contributed by atoms with Crippen molar-refractivity contribution in [3.8, 4) is 0 Å². The molecular weight excluding hydrogens is 444 g/mol. The zero-order valence-corrected chi connectivity index (χ0v) is 19.9. The maximum absolute atomic E-state index is 12.4. The van der Waals surface area contributed by atoms with Gasteiger partial charge in [0.25, 0.3) is 0 Å². The van der Waals surface area contributed by atoms with Crippen LogP contribution >= 0.6 is 0 Å². The second kappa shape index (κ2) is 13.4. The lowest BCUT2D eigenvalue weighted by Gasteiger charge is -2.20. The molecule has 35 heavy (non-hydrogen) atoms. The Bertz CT molecular complexity index is 1100. The number of methoxy groups -OCH3 is 1. The molecule has 0 amide bonds. The average molecular weight is 477 g/mol. The molecule has 0 bridgehead atoms. The van der Waals surface area contributed by atoms with Crippen molar-refractivity contribution in [3.05, 3.63) is 107 Å².